The zero-order valence-corrected chi connectivity index (χ0v) is 15.3. The topological polar surface area (TPSA) is 107 Å². The van der Waals surface area contributed by atoms with Crippen LogP contribution in [0.2, 0.25) is 0 Å². The smallest absolute Gasteiger partial charge is 0.335 e. The van der Waals surface area contributed by atoms with E-state index in [0.717, 1.165) is 4.90 Å². The molecule has 0 atom stereocenters. The number of carbonyl (C=O) groups is 5. The maximum absolute atomic E-state index is 12.5. The number of benzene rings is 1. The highest BCUT2D eigenvalue weighted by Gasteiger charge is 2.45. The molecule has 1 aliphatic heterocycles. The van der Waals surface area contributed by atoms with Gasteiger partial charge in [0.15, 0.2) is 0 Å². The summed E-state index contributed by atoms with van der Waals surface area (Å²) < 4.78 is 0. The van der Waals surface area contributed by atoms with Gasteiger partial charge in [0.05, 0.1) is 13.1 Å². The van der Waals surface area contributed by atoms with E-state index >= 15 is 0 Å². The molecule has 0 bridgehead atoms. The van der Waals surface area contributed by atoms with Crippen molar-refractivity contribution in [2.75, 3.05) is 26.2 Å². The van der Waals surface area contributed by atoms with Crippen LogP contribution in [0.25, 0.3) is 0 Å². The van der Waals surface area contributed by atoms with E-state index in [1.165, 1.54) is 4.90 Å². The quantitative estimate of drug-likeness (QED) is 0.508. The molecule has 1 aromatic rings. The number of imide groups is 2. The van der Waals surface area contributed by atoms with Gasteiger partial charge < -0.3 is 10.2 Å². The van der Waals surface area contributed by atoms with Gasteiger partial charge in [-0.3, -0.25) is 24.1 Å². The summed E-state index contributed by atoms with van der Waals surface area (Å²) in [6.07, 6.45) is 0. The number of nitrogens with zero attached hydrogens (tertiary/aromatic N) is 3. The first-order valence-electron chi connectivity index (χ1n) is 8.64. The lowest BCUT2D eigenvalue weighted by atomic mass is 10.2. The molecule has 1 aromatic carbocycles. The molecule has 9 nitrogen and oxygen atoms in total. The zero-order valence-electron chi connectivity index (χ0n) is 15.3. The Morgan fingerprint density at radius 3 is 2.22 bits per heavy atom. The molecule has 1 saturated heterocycles. The maximum Gasteiger partial charge on any atom is 0.335 e. The largest absolute Gasteiger partial charge is 0.355 e. The van der Waals surface area contributed by atoms with Crippen molar-refractivity contribution in [3.63, 3.8) is 0 Å². The molecule has 0 aliphatic carbocycles. The molecule has 1 fully saturated rings. The lowest BCUT2D eigenvalue weighted by Crippen LogP contribution is -2.46. The van der Waals surface area contributed by atoms with Crippen LogP contribution in [0, 0.1) is 0 Å². The van der Waals surface area contributed by atoms with Crippen LogP contribution >= 0.6 is 0 Å². The van der Waals surface area contributed by atoms with Gasteiger partial charge in [0.1, 0.15) is 6.54 Å². The molecular weight excluding hydrogens is 352 g/mol. The molecule has 6 amide bonds. The Kier molecular flexibility index (Phi) is 6.64. The standard InChI is InChI=1S/C18H22N4O5/c1-3-19-14(23)11-20(4-2)15(24)12-22-17(26)16(25)21(18(22)27)10-13-8-6-5-7-9-13/h5-9H,3-4,10-12H2,1-2H3,(H,19,23). The molecule has 0 aromatic heterocycles. The number of likely N-dealkylation sites (N-methyl/N-ethyl adjacent to an activating group) is 2. The second-order valence-corrected chi connectivity index (χ2v) is 5.91. The van der Waals surface area contributed by atoms with E-state index < -0.39 is 30.3 Å². The second-order valence-electron chi connectivity index (χ2n) is 5.91. The molecule has 2 rings (SSSR count). The van der Waals surface area contributed by atoms with Crippen LogP contribution in [0.1, 0.15) is 19.4 Å². The van der Waals surface area contributed by atoms with Crippen LogP contribution in [0.15, 0.2) is 30.3 Å². The van der Waals surface area contributed by atoms with Gasteiger partial charge in [-0.1, -0.05) is 30.3 Å². The molecule has 0 saturated carbocycles. The third-order valence-electron chi connectivity index (χ3n) is 4.05. The minimum Gasteiger partial charge on any atom is -0.355 e. The van der Waals surface area contributed by atoms with Crippen LogP contribution < -0.4 is 5.32 Å². The van der Waals surface area contributed by atoms with E-state index in [4.69, 9.17) is 0 Å². The number of carbonyl (C=O) groups excluding carboxylic acids is 5. The Morgan fingerprint density at radius 2 is 1.63 bits per heavy atom. The number of amides is 6. The van der Waals surface area contributed by atoms with Crippen molar-refractivity contribution in [1.29, 1.82) is 0 Å². The predicted molar refractivity (Wildman–Crippen MR) is 95.0 cm³/mol. The number of hydrogen-bond acceptors (Lipinski definition) is 5. The lowest BCUT2D eigenvalue weighted by molar-refractivity contribution is -0.145. The summed E-state index contributed by atoms with van der Waals surface area (Å²) in [6, 6.07) is 7.92. The van der Waals surface area contributed by atoms with Crippen molar-refractivity contribution >= 4 is 29.7 Å². The molecule has 1 N–H and O–H groups in total. The summed E-state index contributed by atoms with van der Waals surface area (Å²) in [7, 11) is 0. The van der Waals surface area contributed by atoms with Crippen molar-refractivity contribution in [2.45, 2.75) is 20.4 Å². The first-order valence-corrected chi connectivity index (χ1v) is 8.64. The second kappa shape index (κ2) is 8.93. The van der Waals surface area contributed by atoms with Crippen LogP contribution in [0.4, 0.5) is 4.79 Å². The van der Waals surface area contributed by atoms with Crippen molar-refractivity contribution in [1.82, 2.24) is 20.0 Å². The minimum absolute atomic E-state index is 0.0503. The van der Waals surface area contributed by atoms with Crippen LogP contribution in [0.5, 0.6) is 0 Å². The summed E-state index contributed by atoms with van der Waals surface area (Å²) in [5.74, 6) is -2.94. The molecule has 1 heterocycles. The van der Waals surface area contributed by atoms with Gasteiger partial charge in [0.2, 0.25) is 11.8 Å². The summed E-state index contributed by atoms with van der Waals surface area (Å²) in [6.45, 7) is 3.28. The van der Waals surface area contributed by atoms with Crippen molar-refractivity contribution in [3.8, 4) is 0 Å². The lowest BCUT2D eigenvalue weighted by Gasteiger charge is -2.22. The Labute approximate surface area is 156 Å². The molecule has 9 heteroatoms. The Morgan fingerprint density at radius 1 is 1.00 bits per heavy atom. The van der Waals surface area contributed by atoms with Crippen molar-refractivity contribution in [3.05, 3.63) is 35.9 Å². The zero-order chi connectivity index (χ0) is 20.0. The summed E-state index contributed by atoms with van der Waals surface area (Å²) >= 11 is 0. The average Bonchev–Trinajstić information content (AvgIpc) is 2.85. The third-order valence-corrected chi connectivity index (χ3v) is 4.05. The highest BCUT2D eigenvalue weighted by atomic mass is 16.2. The predicted octanol–water partition coefficient (Wildman–Crippen LogP) is -0.0380. The minimum atomic E-state index is -1.04. The highest BCUT2D eigenvalue weighted by molar-refractivity contribution is 6.44. The van der Waals surface area contributed by atoms with Gasteiger partial charge in [0.25, 0.3) is 0 Å². The fraction of sp³-hybridized carbons (Fsp3) is 0.389. The van der Waals surface area contributed by atoms with Crippen LogP contribution in [0.3, 0.4) is 0 Å². The fourth-order valence-electron chi connectivity index (χ4n) is 2.63. The van der Waals surface area contributed by atoms with Crippen molar-refractivity contribution in [2.24, 2.45) is 0 Å². The van der Waals surface area contributed by atoms with E-state index in [2.05, 4.69) is 5.32 Å². The van der Waals surface area contributed by atoms with Gasteiger partial charge in [-0.2, -0.15) is 0 Å². The van der Waals surface area contributed by atoms with Gasteiger partial charge in [-0.05, 0) is 19.4 Å². The highest BCUT2D eigenvalue weighted by Crippen LogP contribution is 2.16. The first kappa shape index (κ1) is 20.1. The summed E-state index contributed by atoms with van der Waals surface area (Å²) in [5, 5.41) is 2.58. The van der Waals surface area contributed by atoms with Gasteiger partial charge in [0, 0.05) is 13.1 Å². The van der Waals surface area contributed by atoms with Gasteiger partial charge >= 0.3 is 17.8 Å². The molecule has 0 radical (unpaired) electrons. The van der Waals surface area contributed by atoms with Crippen LogP contribution in [-0.4, -0.2) is 70.5 Å². The van der Waals surface area contributed by atoms with E-state index in [-0.39, 0.29) is 25.5 Å². The van der Waals surface area contributed by atoms with Crippen molar-refractivity contribution < 1.29 is 24.0 Å². The monoisotopic (exact) mass is 374 g/mol. The molecular formula is C18H22N4O5. The van der Waals surface area contributed by atoms with E-state index in [9.17, 15) is 24.0 Å². The number of nitrogens with one attached hydrogen (secondary N) is 1. The molecule has 1 aliphatic rings. The van der Waals surface area contributed by atoms with E-state index in [1.807, 2.05) is 0 Å². The van der Waals surface area contributed by atoms with E-state index in [0.29, 0.717) is 17.0 Å². The SMILES string of the molecule is CCNC(=O)CN(CC)C(=O)CN1C(=O)C(=O)N(Cc2ccccc2)C1=O. The van der Waals surface area contributed by atoms with Gasteiger partial charge in [-0.15, -0.1) is 0 Å². The normalized spacial score (nSPS) is 13.9. The molecule has 0 spiro atoms. The third kappa shape index (κ3) is 4.69. The Bertz CT molecular complexity index is 749. The summed E-state index contributed by atoms with van der Waals surface area (Å²) in [5.41, 5.74) is 0.687. The fourth-order valence-corrected chi connectivity index (χ4v) is 2.63. The Hall–Kier alpha value is -3.23. The average molecular weight is 374 g/mol. The number of rotatable bonds is 8. The Balaban J connectivity index is 2.06. The van der Waals surface area contributed by atoms with Gasteiger partial charge in [-0.25, -0.2) is 9.69 Å². The molecule has 144 valence electrons. The number of hydrogen-bond donors (Lipinski definition) is 1. The summed E-state index contributed by atoms with van der Waals surface area (Å²) in [4.78, 5) is 63.5. The molecule has 0 unspecified atom stereocenters. The molecule has 27 heavy (non-hydrogen) atoms. The van der Waals surface area contributed by atoms with E-state index in [1.54, 1.807) is 44.2 Å². The maximum atomic E-state index is 12.5. The van der Waals surface area contributed by atoms with Crippen LogP contribution in [-0.2, 0) is 25.7 Å². The first-order chi connectivity index (χ1) is 12.9. The number of urea groups is 1.